The fourth-order valence-electron chi connectivity index (χ4n) is 5.76. The summed E-state index contributed by atoms with van der Waals surface area (Å²) in [6.45, 7) is 10.9. The lowest BCUT2D eigenvalue weighted by molar-refractivity contribution is 0.0994. The van der Waals surface area contributed by atoms with E-state index in [1.807, 2.05) is 33.8 Å². The highest BCUT2D eigenvalue weighted by atomic mass is 35.5. The molecule has 0 saturated carbocycles. The number of likely N-dealkylation sites (tertiary alicyclic amines) is 1. The number of carbonyl (C=O) groups is 1. The van der Waals surface area contributed by atoms with Gasteiger partial charge in [-0.15, -0.1) is 0 Å². The van der Waals surface area contributed by atoms with Gasteiger partial charge < -0.3 is 28.9 Å². The summed E-state index contributed by atoms with van der Waals surface area (Å²) in [7, 11) is 1.42. The molecular formula is C29H36ClN5O5. The van der Waals surface area contributed by atoms with Crippen molar-refractivity contribution in [3.8, 4) is 28.4 Å². The van der Waals surface area contributed by atoms with Gasteiger partial charge in [-0.25, -0.2) is 14.8 Å². The summed E-state index contributed by atoms with van der Waals surface area (Å²) >= 11 is 6.68. The number of ether oxygens (including phenoxy) is 2. The molecule has 1 spiro atoms. The lowest BCUT2D eigenvalue weighted by Crippen LogP contribution is -2.58. The lowest BCUT2D eigenvalue weighted by atomic mass is 9.79. The Bertz CT molecular complexity index is 1380. The SMILES string of the molecule is CCC[C@@H](O)COc1ccc(Cl)c(-c2nc(-c3c(C)noc3C)c(C)c(N3CC4(CCN(C(=O)OC)C4)C3)n2)c1. The Labute approximate surface area is 239 Å². The molecule has 2 aromatic heterocycles. The number of aryl methyl sites for hydroxylation is 2. The fourth-order valence-corrected chi connectivity index (χ4v) is 5.97. The summed E-state index contributed by atoms with van der Waals surface area (Å²) in [6, 6.07) is 5.35. The number of methoxy groups -OCH3 is 1. The van der Waals surface area contributed by atoms with E-state index in [4.69, 9.17) is 35.6 Å². The van der Waals surface area contributed by atoms with Crippen LogP contribution in [0.15, 0.2) is 22.7 Å². The maximum Gasteiger partial charge on any atom is 0.409 e. The number of aliphatic hydroxyl groups is 1. The minimum absolute atomic E-state index is 0.0136. The molecule has 1 aromatic carbocycles. The number of benzene rings is 1. The molecule has 3 aromatic rings. The molecule has 0 aliphatic carbocycles. The molecule has 2 fully saturated rings. The Morgan fingerprint density at radius 1 is 1.23 bits per heavy atom. The third-order valence-electron chi connectivity index (χ3n) is 7.86. The van der Waals surface area contributed by atoms with Gasteiger partial charge in [0.1, 0.15) is 23.9 Å². The van der Waals surface area contributed by atoms with Crippen LogP contribution in [-0.4, -0.2) is 77.2 Å². The van der Waals surface area contributed by atoms with E-state index in [-0.39, 0.29) is 18.1 Å². The smallest absolute Gasteiger partial charge is 0.409 e. The molecule has 2 saturated heterocycles. The summed E-state index contributed by atoms with van der Waals surface area (Å²) < 4.78 is 16.3. The second-order valence-corrected chi connectivity index (χ2v) is 11.3. The molecule has 2 aliphatic rings. The number of rotatable bonds is 8. The standard InChI is InChI=1S/C29H36ClN5O5/c1-6-7-20(36)13-39-21-8-9-23(30)22(12-21)26-31-25(24-18(3)33-40-19(24)4)17(2)27(32-26)35-15-29(16-35)10-11-34(14-29)28(37)38-5/h8-9,12,20,36H,6-7,10-11,13-16H2,1-5H3/t20-/m1/s1. The Morgan fingerprint density at radius 3 is 2.67 bits per heavy atom. The van der Waals surface area contributed by atoms with Gasteiger partial charge in [-0.1, -0.05) is 30.1 Å². The quantitative estimate of drug-likeness (QED) is 0.391. The molecule has 11 heteroatoms. The molecule has 10 nitrogen and oxygen atoms in total. The van der Waals surface area contributed by atoms with E-state index in [0.29, 0.717) is 47.4 Å². The van der Waals surface area contributed by atoms with E-state index < -0.39 is 6.10 Å². The Hall–Kier alpha value is -3.37. The molecule has 0 unspecified atom stereocenters. The van der Waals surface area contributed by atoms with Crippen molar-refractivity contribution >= 4 is 23.5 Å². The first-order chi connectivity index (χ1) is 19.1. The Kier molecular flexibility index (Phi) is 7.92. The van der Waals surface area contributed by atoms with Crippen molar-refractivity contribution < 1.29 is 23.9 Å². The Morgan fingerprint density at radius 2 is 2.00 bits per heavy atom. The van der Waals surface area contributed by atoms with Crippen LogP contribution in [0.4, 0.5) is 10.6 Å². The van der Waals surface area contributed by atoms with Crippen molar-refractivity contribution in [3.05, 3.63) is 40.2 Å². The third kappa shape index (κ3) is 5.34. The van der Waals surface area contributed by atoms with E-state index in [9.17, 15) is 9.90 Å². The van der Waals surface area contributed by atoms with Crippen LogP contribution >= 0.6 is 11.6 Å². The van der Waals surface area contributed by atoms with Gasteiger partial charge in [-0.3, -0.25) is 0 Å². The van der Waals surface area contributed by atoms with Crippen molar-refractivity contribution in [1.82, 2.24) is 20.0 Å². The molecule has 1 atom stereocenters. The molecule has 5 rings (SSSR count). The maximum absolute atomic E-state index is 12.1. The molecule has 1 amide bonds. The first kappa shape index (κ1) is 28.2. The van der Waals surface area contributed by atoms with E-state index in [1.165, 1.54) is 7.11 Å². The number of hydrogen-bond acceptors (Lipinski definition) is 9. The zero-order valence-electron chi connectivity index (χ0n) is 23.7. The normalized spacial score (nSPS) is 16.8. The zero-order chi connectivity index (χ0) is 28.6. The van der Waals surface area contributed by atoms with Gasteiger partial charge >= 0.3 is 6.09 Å². The van der Waals surface area contributed by atoms with Gasteiger partial charge in [0.05, 0.1) is 35.2 Å². The molecule has 0 bridgehead atoms. The average molecular weight is 570 g/mol. The largest absolute Gasteiger partial charge is 0.491 e. The van der Waals surface area contributed by atoms with Gasteiger partial charge in [0.15, 0.2) is 5.82 Å². The number of nitrogens with zero attached hydrogens (tertiary/aromatic N) is 5. The van der Waals surface area contributed by atoms with Gasteiger partial charge in [0.2, 0.25) is 0 Å². The molecule has 40 heavy (non-hydrogen) atoms. The summed E-state index contributed by atoms with van der Waals surface area (Å²) in [5.41, 5.74) is 3.88. The van der Waals surface area contributed by atoms with Crippen molar-refractivity contribution in [2.75, 3.05) is 44.8 Å². The second kappa shape index (κ2) is 11.2. The van der Waals surface area contributed by atoms with Crippen LogP contribution in [0.25, 0.3) is 22.6 Å². The topological polar surface area (TPSA) is 114 Å². The van der Waals surface area contributed by atoms with Crippen LogP contribution in [0.5, 0.6) is 5.75 Å². The first-order valence-corrected chi connectivity index (χ1v) is 14.0. The molecule has 2 aliphatic heterocycles. The highest BCUT2D eigenvalue weighted by molar-refractivity contribution is 6.33. The van der Waals surface area contributed by atoms with Crippen LogP contribution in [0.3, 0.4) is 0 Å². The first-order valence-electron chi connectivity index (χ1n) is 13.6. The van der Waals surface area contributed by atoms with Crippen LogP contribution < -0.4 is 9.64 Å². The van der Waals surface area contributed by atoms with Gasteiger partial charge in [-0.05, 0) is 51.8 Å². The van der Waals surface area contributed by atoms with Crippen LogP contribution in [-0.2, 0) is 4.74 Å². The predicted molar refractivity (Wildman–Crippen MR) is 152 cm³/mol. The number of halogens is 1. The number of aromatic nitrogens is 3. The maximum atomic E-state index is 12.1. The lowest BCUT2D eigenvalue weighted by Gasteiger charge is -2.49. The van der Waals surface area contributed by atoms with E-state index in [2.05, 4.69) is 10.1 Å². The van der Waals surface area contributed by atoms with E-state index >= 15 is 0 Å². The third-order valence-corrected chi connectivity index (χ3v) is 8.19. The van der Waals surface area contributed by atoms with Crippen LogP contribution in [0.1, 0.15) is 43.2 Å². The van der Waals surface area contributed by atoms with E-state index in [1.54, 1.807) is 17.0 Å². The second-order valence-electron chi connectivity index (χ2n) is 10.9. The van der Waals surface area contributed by atoms with Crippen molar-refractivity contribution in [2.45, 2.75) is 53.1 Å². The highest BCUT2D eigenvalue weighted by Crippen LogP contribution is 2.44. The monoisotopic (exact) mass is 569 g/mol. The van der Waals surface area contributed by atoms with Gasteiger partial charge in [0.25, 0.3) is 0 Å². The summed E-state index contributed by atoms with van der Waals surface area (Å²) in [6.07, 6.45) is 1.64. The molecular weight excluding hydrogens is 534 g/mol. The molecule has 4 heterocycles. The minimum Gasteiger partial charge on any atom is -0.491 e. The van der Waals surface area contributed by atoms with E-state index in [0.717, 1.165) is 54.3 Å². The highest BCUT2D eigenvalue weighted by Gasteiger charge is 2.50. The summed E-state index contributed by atoms with van der Waals surface area (Å²) in [4.78, 5) is 26.1. The fraction of sp³-hybridized carbons (Fsp3) is 0.517. The zero-order valence-corrected chi connectivity index (χ0v) is 24.4. The molecule has 0 radical (unpaired) electrons. The van der Waals surface area contributed by atoms with Crippen molar-refractivity contribution in [3.63, 3.8) is 0 Å². The van der Waals surface area contributed by atoms with Crippen molar-refractivity contribution in [1.29, 1.82) is 0 Å². The number of carbonyl (C=O) groups excluding carboxylic acids is 1. The molecule has 214 valence electrons. The minimum atomic E-state index is -0.540. The van der Waals surface area contributed by atoms with Crippen LogP contribution in [0, 0.1) is 26.2 Å². The summed E-state index contributed by atoms with van der Waals surface area (Å²) in [5, 5.41) is 14.8. The van der Waals surface area contributed by atoms with Crippen molar-refractivity contribution in [2.24, 2.45) is 5.41 Å². The van der Waals surface area contributed by atoms with Gasteiger partial charge in [-0.2, -0.15) is 0 Å². The Balaban J connectivity index is 1.51. The number of hydrogen-bond donors (Lipinski definition) is 1. The van der Waals surface area contributed by atoms with Gasteiger partial charge in [0, 0.05) is 42.7 Å². The predicted octanol–water partition coefficient (Wildman–Crippen LogP) is 5.20. The summed E-state index contributed by atoms with van der Waals surface area (Å²) in [5.74, 6) is 2.52. The molecule has 1 N–H and O–H groups in total. The average Bonchev–Trinajstić information content (AvgIpc) is 3.51. The number of amides is 1. The van der Waals surface area contributed by atoms with Crippen LogP contribution in [0.2, 0.25) is 5.02 Å². The number of aliphatic hydroxyl groups excluding tert-OH is 1. The number of anilines is 1.